The summed E-state index contributed by atoms with van der Waals surface area (Å²) in [6, 6.07) is 6.65. The zero-order valence-electron chi connectivity index (χ0n) is 10.9. The van der Waals surface area contributed by atoms with Crippen LogP contribution in [0.1, 0.15) is 13.8 Å². The maximum Gasteiger partial charge on any atom is 0.243 e. The van der Waals surface area contributed by atoms with Crippen molar-refractivity contribution >= 4 is 33.4 Å². The first-order chi connectivity index (χ1) is 8.91. The van der Waals surface area contributed by atoms with E-state index in [9.17, 15) is 9.59 Å². The van der Waals surface area contributed by atoms with Gasteiger partial charge < -0.3 is 16.4 Å². The molecule has 1 rings (SSSR count). The number of carbonyl (C=O) groups is 2. The quantitative estimate of drug-likeness (QED) is 0.766. The molecule has 0 aliphatic carbocycles. The summed E-state index contributed by atoms with van der Waals surface area (Å²) in [5, 5.41) is 5.20. The number of amides is 2. The number of benzene rings is 1. The molecule has 0 saturated heterocycles. The van der Waals surface area contributed by atoms with Gasteiger partial charge in [-0.3, -0.25) is 9.59 Å². The molecular formula is C13H18BrN3O2. The third-order valence-electron chi connectivity index (χ3n) is 2.59. The van der Waals surface area contributed by atoms with Crippen molar-refractivity contribution in [1.82, 2.24) is 5.32 Å². The number of hydrogen-bond donors (Lipinski definition) is 3. The van der Waals surface area contributed by atoms with Crippen LogP contribution in [0.5, 0.6) is 0 Å². The highest BCUT2D eigenvalue weighted by Crippen LogP contribution is 2.20. The molecule has 0 aliphatic rings. The van der Waals surface area contributed by atoms with Crippen molar-refractivity contribution in [2.24, 2.45) is 11.7 Å². The van der Waals surface area contributed by atoms with Gasteiger partial charge in [-0.25, -0.2) is 0 Å². The number of rotatable bonds is 5. The van der Waals surface area contributed by atoms with E-state index in [0.29, 0.717) is 5.69 Å². The van der Waals surface area contributed by atoms with E-state index in [-0.39, 0.29) is 24.3 Å². The van der Waals surface area contributed by atoms with E-state index in [1.54, 1.807) is 6.07 Å². The summed E-state index contributed by atoms with van der Waals surface area (Å²) in [7, 11) is 0. The van der Waals surface area contributed by atoms with Gasteiger partial charge in [-0.15, -0.1) is 0 Å². The zero-order chi connectivity index (χ0) is 14.4. The van der Waals surface area contributed by atoms with Crippen molar-refractivity contribution in [1.29, 1.82) is 0 Å². The lowest BCUT2D eigenvalue weighted by Gasteiger charge is -2.15. The number of anilines is 1. The lowest BCUT2D eigenvalue weighted by molar-refractivity contribution is -0.125. The lowest BCUT2D eigenvalue weighted by atomic mass is 10.1. The molecule has 0 spiro atoms. The highest BCUT2D eigenvalue weighted by atomic mass is 79.9. The van der Waals surface area contributed by atoms with Crippen LogP contribution in [0.15, 0.2) is 28.7 Å². The Hall–Kier alpha value is -1.40. The van der Waals surface area contributed by atoms with E-state index in [2.05, 4.69) is 26.6 Å². The SMILES string of the molecule is CC(C)[C@H](N)C(=O)NCC(=O)Nc1ccccc1Br. The van der Waals surface area contributed by atoms with Crippen LogP contribution >= 0.6 is 15.9 Å². The van der Waals surface area contributed by atoms with E-state index in [1.807, 2.05) is 32.0 Å². The first kappa shape index (κ1) is 15.7. The molecule has 4 N–H and O–H groups in total. The number of nitrogens with two attached hydrogens (primary N) is 1. The van der Waals surface area contributed by atoms with Crippen LogP contribution in [0.25, 0.3) is 0 Å². The second-order valence-electron chi connectivity index (χ2n) is 4.52. The first-order valence-electron chi connectivity index (χ1n) is 5.99. The molecule has 1 aromatic rings. The van der Waals surface area contributed by atoms with Gasteiger partial charge in [-0.05, 0) is 34.0 Å². The Morgan fingerprint density at radius 1 is 1.32 bits per heavy atom. The van der Waals surface area contributed by atoms with Gasteiger partial charge in [0.15, 0.2) is 0 Å². The molecule has 0 radical (unpaired) electrons. The zero-order valence-corrected chi connectivity index (χ0v) is 12.5. The van der Waals surface area contributed by atoms with Crippen LogP contribution in [0.4, 0.5) is 5.69 Å². The van der Waals surface area contributed by atoms with Gasteiger partial charge in [0.05, 0.1) is 18.3 Å². The summed E-state index contributed by atoms with van der Waals surface area (Å²) in [6.07, 6.45) is 0. The Bertz CT molecular complexity index is 463. The average Bonchev–Trinajstić information content (AvgIpc) is 2.37. The molecule has 0 fully saturated rings. The van der Waals surface area contributed by atoms with E-state index in [4.69, 9.17) is 5.73 Å². The summed E-state index contributed by atoms with van der Waals surface area (Å²) in [5.41, 5.74) is 6.33. The van der Waals surface area contributed by atoms with Gasteiger partial charge in [-0.2, -0.15) is 0 Å². The Balaban J connectivity index is 2.45. The Morgan fingerprint density at radius 3 is 2.53 bits per heavy atom. The molecule has 1 aromatic carbocycles. The van der Waals surface area contributed by atoms with E-state index in [0.717, 1.165) is 4.47 Å². The van der Waals surface area contributed by atoms with Crippen LogP contribution in [-0.4, -0.2) is 24.4 Å². The van der Waals surface area contributed by atoms with Crippen LogP contribution in [-0.2, 0) is 9.59 Å². The van der Waals surface area contributed by atoms with Crippen LogP contribution < -0.4 is 16.4 Å². The molecule has 1 atom stereocenters. The third kappa shape index (κ3) is 5.00. The fourth-order valence-corrected chi connectivity index (χ4v) is 1.73. The molecule has 0 aliphatic heterocycles. The molecular weight excluding hydrogens is 310 g/mol. The summed E-state index contributed by atoms with van der Waals surface area (Å²) in [4.78, 5) is 23.3. The highest BCUT2D eigenvalue weighted by Gasteiger charge is 2.17. The predicted octanol–water partition coefficient (Wildman–Crippen LogP) is 1.49. The summed E-state index contributed by atoms with van der Waals surface area (Å²) in [5.74, 6) is -0.584. The van der Waals surface area contributed by atoms with E-state index in [1.165, 1.54) is 0 Å². The van der Waals surface area contributed by atoms with Crippen LogP contribution in [0.3, 0.4) is 0 Å². The van der Waals surface area contributed by atoms with Gasteiger partial charge in [0.2, 0.25) is 11.8 Å². The summed E-state index contributed by atoms with van der Waals surface area (Å²) >= 11 is 3.33. The molecule has 0 bridgehead atoms. The normalized spacial score (nSPS) is 12.1. The first-order valence-corrected chi connectivity index (χ1v) is 6.78. The van der Waals surface area contributed by atoms with Crippen molar-refractivity contribution < 1.29 is 9.59 Å². The van der Waals surface area contributed by atoms with Crippen molar-refractivity contribution in [3.8, 4) is 0 Å². The number of para-hydroxylation sites is 1. The number of nitrogens with one attached hydrogen (secondary N) is 2. The maximum atomic E-state index is 11.7. The fraction of sp³-hybridized carbons (Fsp3) is 0.385. The predicted molar refractivity (Wildman–Crippen MR) is 78.6 cm³/mol. The third-order valence-corrected chi connectivity index (χ3v) is 3.28. The second-order valence-corrected chi connectivity index (χ2v) is 5.37. The van der Waals surface area contributed by atoms with Gasteiger partial charge in [0.1, 0.15) is 0 Å². The van der Waals surface area contributed by atoms with Crippen molar-refractivity contribution in [3.63, 3.8) is 0 Å². The smallest absolute Gasteiger partial charge is 0.243 e. The monoisotopic (exact) mass is 327 g/mol. The molecule has 0 saturated carbocycles. The van der Waals surface area contributed by atoms with Crippen molar-refractivity contribution in [2.75, 3.05) is 11.9 Å². The average molecular weight is 328 g/mol. The molecule has 0 aromatic heterocycles. The summed E-state index contributed by atoms with van der Waals surface area (Å²) < 4.78 is 0.786. The molecule has 0 unspecified atom stereocenters. The highest BCUT2D eigenvalue weighted by molar-refractivity contribution is 9.10. The van der Waals surface area contributed by atoms with Crippen LogP contribution in [0, 0.1) is 5.92 Å². The molecule has 2 amide bonds. The molecule has 6 heteroatoms. The van der Waals surface area contributed by atoms with Gasteiger partial charge in [0, 0.05) is 4.47 Å². The lowest BCUT2D eigenvalue weighted by Crippen LogP contribution is -2.46. The largest absolute Gasteiger partial charge is 0.346 e. The Morgan fingerprint density at radius 2 is 1.95 bits per heavy atom. The van der Waals surface area contributed by atoms with Crippen molar-refractivity contribution in [3.05, 3.63) is 28.7 Å². The number of carbonyl (C=O) groups excluding carboxylic acids is 2. The van der Waals surface area contributed by atoms with Gasteiger partial charge in [-0.1, -0.05) is 26.0 Å². The van der Waals surface area contributed by atoms with Gasteiger partial charge >= 0.3 is 0 Å². The fourth-order valence-electron chi connectivity index (χ4n) is 1.34. The minimum Gasteiger partial charge on any atom is -0.346 e. The molecule has 19 heavy (non-hydrogen) atoms. The second kappa shape index (κ2) is 7.25. The van der Waals surface area contributed by atoms with Gasteiger partial charge in [0.25, 0.3) is 0 Å². The standard InChI is InChI=1S/C13H18BrN3O2/c1-8(2)12(15)13(19)16-7-11(18)17-10-6-4-3-5-9(10)14/h3-6,8,12H,7,15H2,1-2H3,(H,16,19)(H,17,18)/t12-/m0/s1. The minimum atomic E-state index is -0.601. The van der Waals surface area contributed by atoms with Crippen LogP contribution in [0.2, 0.25) is 0 Å². The topological polar surface area (TPSA) is 84.2 Å². The van der Waals surface area contributed by atoms with E-state index < -0.39 is 6.04 Å². The Labute approximate surface area is 121 Å². The molecule has 5 nitrogen and oxygen atoms in total. The van der Waals surface area contributed by atoms with Crippen molar-refractivity contribution in [2.45, 2.75) is 19.9 Å². The molecule has 104 valence electrons. The number of hydrogen-bond acceptors (Lipinski definition) is 3. The number of halogens is 1. The Kier molecular flexibility index (Phi) is 5.98. The summed E-state index contributed by atoms with van der Waals surface area (Å²) in [6.45, 7) is 3.61. The maximum absolute atomic E-state index is 11.7. The minimum absolute atomic E-state index is 0.0336. The molecule has 0 heterocycles. The van der Waals surface area contributed by atoms with E-state index >= 15 is 0 Å².